The highest BCUT2D eigenvalue weighted by atomic mass is 16.5. The Morgan fingerprint density at radius 2 is 1.69 bits per heavy atom. The summed E-state index contributed by atoms with van der Waals surface area (Å²) in [6, 6.07) is 0. The van der Waals surface area contributed by atoms with Crippen molar-refractivity contribution in [2.75, 3.05) is 21.2 Å². The Morgan fingerprint density at radius 3 is 2.00 bits per heavy atom. The number of rotatable bonds is 3. The molecule has 0 aliphatic carbocycles. The second-order valence-corrected chi connectivity index (χ2v) is 2.14. The molecule has 0 aromatic heterocycles. The van der Waals surface area contributed by atoms with Crippen molar-refractivity contribution in [3.63, 3.8) is 0 Å². The molecule has 0 heterocycles. The molecule has 0 amide bonds. The summed E-state index contributed by atoms with van der Waals surface area (Å²) >= 11 is 0. The minimum absolute atomic E-state index is 0.652. The van der Waals surface area contributed by atoms with E-state index in [1.807, 2.05) is 13.8 Å². The van der Waals surface area contributed by atoms with E-state index in [2.05, 4.69) is 4.74 Å². The first-order valence-electron chi connectivity index (χ1n) is 4.05. The summed E-state index contributed by atoms with van der Waals surface area (Å²) in [4.78, 5) is 22.8. The molecule has 13 heavy (non-hydrogen) atoms. The first kappa shape index (κ1) is 14.2. The SMILES string of the molecule is CC.COC(=O)C(=O)/C=C/N(C)C. The van der Waals surface area contributed by atoms with E-state index < -0.39 is 11.8 Å². The van der Waals surface area contributed by atoms with E-state index in [1.54, 1.807) is 19.0 Å². The molecule has 0 unspecified atom stereocenters. The van der Waals surface area contributed by atoms with Gasteiger partial charge in [0.05, 0.1) is 7.11 Å². The summed E-state index contributed by atoms with van der Waals surface area (Å²) in [6.07, 6.45) is 2.64. The van der Waals surface area contributed by atoms with Crippen LogP contribution in [-0.2, 0) is 14.3 Å². The van der Waals surface area contributed by atoms with Crippen LogP contribution in [0.25, 0.3) is 0 Å². The molecule has 0 rings (SSSR count). The monoisotopic (exact) mass is 187 g/mol. The van der Waals surface area contributed by atoms with Gasteiger partial charge in [-0.3, -0.25) is 4.79 Å². The largest absolute Gasteiger partial charge is 0.463 e. The van der Waals surface area contributed by atoms with Crippen LogP contribution in [0, 0.1) is 0 Å². The predicted octanol–water partition coefficient (Wildman–Crippen LogP) is 0.830. The fraction of sp³-hybridized carbons (Fsp3) is 0.556. The molecular weight excluding hydrogens is 170 g/mol. The van der Waals surface area contributed by atoms with Gasteiger partial charge in [0.15, 0.2) is 0 Å². The van der Waals surface area contributed by atoms with Crippen LogP contribution in [0.15, 0.2) is 12.3 Å². The van der Waals surface area contributed by atoms with Crippen LogP contribution in [0.2, 0.25) is 0 Å². The third kappa shape index (κ3) is 8.59. The highest BCUT2D eigenvalue weighted by Crippen LogP contribution is 1.83. The predicted molar refractivity (Wildman–Crippen MR) is 51.2 cm³/mol. The van der Waals surface area contributed by atoms with Crippen LogP contribution in [-0.4, -0.2) is 37.9 Å². The molecule has 4 heteroatoms. The van der Waals surface area contributed by atoms with Crippen molar-refractivity contribution in [3.8, 4) is 0 Å². The lowest BCUT2D eigenvalue weighted by Crippen LogP contribution is -2.13. The van der Waals surface area contributed by atoms with E-state index in [9.17, 15) is 9.59 Å². The summed E-state index contributed by atoms with van der Waals surface area (Å²) in [5, 5.41) is 0. The Bertz CT molecular complexity index is 185. The Hall–Kier alpha value is -1.32. The molecule has 0 fully saturated rings. The summed E-state index contributed by atoms with van der Waals surface area (Å²) in [7, 11) is 4.67. The molecule has 0 saturated carbocycles. The topological polar surface area (TPSA) is 46.6 Å². The number of methoxy groups -OCH3 is 1. The Balaban J connectivity index is 0. The Kier molecular flexibility index (Phi) is 9.60. The molecule has 0 bridgehead atoms. The van der Waals surface area contributed by atoms with Gasteiger partial charge in [0.2, 0.25) is 0 Å². The van der Waals surface area contributed by atoms with Crippen molar-refractivity contribution in [3.05, 3.63) is 12.3 Å². The molecule has 0 spiro atoms. The van der Waals surface area contributed by atoms with Crippen molar-refractivity contribution < 1.29 is 14.3 Å². The van der Waals surface area contributed by atoms with Gasteiger partial charge in [-0.2, -0.15) is 0 Å². The molecule has 0 radical (unpaired) electrons. The van der Waals surface area contributed by atoms with Gasteiger partial charge in [-0.1, -0.05) is 13.8 Å². The molecule has 0 aromatic carbocycles. The molecule has 0 aliphatic heterocycles. The normalized spacial score (nSPS) is 8.69. The van der Waals surface area contributed by atoms with Crippen LogP contribution >= 0.6 is 0 Å². The highest BCUT2D eigenvalue weighted by molar-refractivity contribution is 6.38. The van der Waals surface area contributed by atoms with Crippen LogP contribution in [0.4, 0.5) is 0 Å². The molecule has 0 saturated heterocycles. The van der Waals surface area contributed by atoms with Gasteiger partial charge in [-0.15, -0.1) is 0 Å². The number of ketones is 1. The zero-order chi connectivity index (χ0) is 10.9. The zero-order valence-corrected chi connectivity index (χ0v) is 8.83. The van der Waals surface area contributed by atoms with Gasteiger partial charge in [-0.25, -0.2) is 4.79 Å². The van der Waals surface area contributed by atoms with Crippen molar-refractivity contribution in [2.45, 2.75) is 13.8 Å². The van der Waals surface area contributed by atoms with E-state index in [-0.39, 0.29) is 0 Å². The maximum Gasteiger partial charge on any atom is 0.378 e. The third-order valence-corrected chi connectivity index (χ3v) is 0.911. The van der Waals surface area contributed by atoms with Gasteiger partial charge >= 0.3 is 5.97 Å². The van der Waals surface area contributed by atoms with E-state index >= 15 is 0 Å². The van der Waals surface area contributed by atoms with Gasteiger partial charge in [0.1, 0.15) is 0 Å². The van der Waals surface area contributed by atoms with Gasteiger partial charge < -0.3 is 9.64 Å². The number of hydrogen-bond acceptors (Lipinski definition) is 4. The first-order chi connectivity index (χ1) is 6.07. The highest BCUT2D eigenvalue weighted by Gasteiger charge is 2.08. The van der Waals surface area contributed by atoms with Gasteiger partial charge in [0, 0.05) is 26.4 Å². The summed E-state index contributed by atoms with van der Waals surface area (Å²) in [5.74, 6) is -1.50. The fourth-order valence-corrected chi connectivity index (χ4v) is 0.385. The number of esters is 1. The van der Waals surface area contributed by atoms with Crippen LogP contribution < -0.4 is 0 Å². The van der Waals surface area contributed by atoms with Gasteiger partial charge in [0.25, 0.3) is 5.78 Å². The minimum atomic E-state index is -0.844. The second-order valence-electron chi connectivity index (χ2n) is 2.14. The number of carbonyl (C=O) groups is 2. The van der Waals surface area contributed by atoms with Crippen molar-refractivity contribution in [2.24, 2.45) is 0 Å². The van der Waals surface area contributed by atoms with E-state index in [0.29, 0.717) is 0 Å². The minimum Gasteiger partial charge on any atom is -0.463 e. The van der Waals surface area contributed by atoms with Crippen LogP contribution in [0.5, 0.6) is 0 Å². The lowest BCUT2D eigenvalue weighted by molar-refractivity contribution is -0.149. The second kappa shape index (κ2) is 8.77. The standard InChI is InChI=1S/C7H11NO3.C2H6/c1-8(2)5-4-6(9)7(10)11-3;1-2/h4-5H,1-3H3;1-2H3/b5-4+;. The Labute approximate surface area is 79.2 Å². The first-order valence-corrected chi connectivity index (χ1v) is 4.05. The lowest BCUT2D eigenvalue weighted by atomic mass is 10.4. The molecular formula is C9H17NO3. The third-order valence-electron chi connectivity index (χ3n) is 0.911. The van der Waals surface area contributed by atoms with Crippen molar-refractivity contribution in [1.82, 2.24) is 4.90 Å². The quantitative estimate of drug-likeness (QED) is 0.373. The van der Waals surface area contributed by atoms with E-state index in [1.165, 1.54) is 13.3 Å². The number of ether oxygens (including phenoxy) is 1. The Morgan fingerprint density at radius 1 is 1.23 bits per heavy atom. The van der Waals surface area contributed by atoms with Crippen LogP contribution in [0.1, 0.15) is 13.8 Å². The maximum absolute atomic E-state index is 10.7. The zero-order valence-electron chi connectivity index (χ0n) is 8.83. The summed E-state index contributed by atoms with van der Waals surface area (Å²) in [5.41, 5.74) is 0. The lowest BCUT2D eigenvalue weighted by Gasteiger charge is -2.01. The van der Waals surface area contributed by atoms with Crippen LogP contribution in [0.3, 0.4) is 0 Å². The van der Waals surface area contributed by atoms with Crippen molar-refractivity contribution in [1.29, 1.82) is 0 Å². The smallest absolute Gasteiger partial charge is 0.378 e. The maximum atomic E-state index is 10.7. The number of nitrogens with zero attached hydrogens (tertiary/aromatic N) is 1. The fourth-order valence-electron chi connectivity index (χ4n) is 0.385. The van der Waals surface area contributed by atoms with Crippen molar-refractivity contribution >= 4 is 11.8 Å². The molecule has 0 aliphatic rings. The van der Waals surface area contributed by atoms with E-state index in [4.69, 9.17) is 0 Å². The summed E-state index contributed by atoms with van der Waals surface area (Å²) < 4.78 is 4.19. The number of carbonyl (C=O) groups excluding carboxylic acids is 2. The summed E-state index contributed by atoms with van der Waals surface area (Å²) in [6.45, 7) is 4.00. The molecule has 76 valence electrons. The number of hydrogen-bond donors (Lipinski definition) is 0. The average Bonchev–Trinajstić information content (AvgIpc) is 2.16. The molecule has 4 nitrogen and oxygen atoms in total. The molecule has 0 N–H and O–H groups in total. The average molecular weight is 187 g/mol. The molecule has 0 aromatic rings. The van der Waals surface area contributed by atoms with Gasteiger partial charge in [-0.05, 0) is 0 Å². The molecule has 0 atom stereocenters. The van der Waals surface area contributed by atoms with E-state index in [0.717, 1.165) is 6.08 Å².